The van der Waals surface area contributed by atoms with Crippen LogP contribution >= 0.6 is 0 Å². The monoisotopic (exact) mass is 234 g/mol. The maximum Gasteiger partial charge on any atom is 0.0278 e. The van der Waals surface area contributed by atoms with Crippen molar-refractivity contribution in [2.24, 2.45) is 11.8 Å². The third-order valence-corrected chi connectivity index (χ3v) is 3.72. The Morgan fingerprint density at radius 2 is 1.53 bits per heavy atom. The highest BCUT2D eigenvalue weighted by molar-refractivity contribution is 5.23. The van der Waals surface area contributed by atoms with E-state index in [1.807, 2.05) is 0 Å². The van der Waals surface area contributed by atoms with E-state index in [-0.39, 0.29) is 0 Å². The van der Waals surface area contributed by atoms with Crippen LogP contribution in [0.1, 0.15) is 44.7 Å². The summed E-state index contributed by atoms with van der Waals surface area (Å²) in [6.45, 7) is 6.65. The number of hydrazine groups is 1. The van der Waals surface area contributed by atoms with Crippen LogP contribution in [-0.4, -0.2) is 6.04 Å². The molecule has 0 aliphatic rings. The smallest absolute Gasteiger partial charge is 0.0278 e. The van der Waals surface area contributed by atoms with Crippen LogP contribution in [0.2, 0.25) is 0 Å². The number of nitrogens with two attached hydrogens (primary N) is 1. The van der Waals surface area contributed by atoms with Crippen molar-refractivity contribution in [3.63, 3.8) is 0 Å². The summed E-state index contributed by atoms with van der Waals surface area (Å²) in [6.07, 6.45) is 4.48. The van der Waals surface area contributed by atoms with Crippen molar-refractivity contribution in [3.05, 3.63) is 35.4 Å². The Kier molecular flexibility index (Phi) is 6.23. The van der Waals surface area contributed by atoms with E-state index in [4.69, 9.17) is 5.84 Å². The summed E-state index contributed by atoms with van der Waals surface area (Å²) >= 11 is 0. The molecule has 0 aliphatic heterocycles. The van der Waals surface area contributed by atoms with Gasteiger partial charge in [0.2, 0.25) is 0 Å². The van der Waals surface area contributed by atoms with Gasteiger partial charge in [0.15, 0.2) is 0 Å². The average molecular weight is 234 g/mol. The van der Waals surface area contributed by atoms with Gasteiger partial charge in [0.1, 0.15) is 0 Å². The van der Waals surface area contributed by atoms with Crippen molar-refractivity contribution in [3.8, 4) is 0 Å². The normalized spacial score (nSPS) is 13.0. The second-order valence-electron chi connectivity index (χ2n) is 4.72. The summed E-state index contributed by atoms with van der Waals surface area (Å²) in [7, 11) is 0. The minimum atomic E-state index is 0.387. The largest absolute Gasteiger partial charge is 0.271 e. The zero-order valence-corrected chi connectivity index (χ0v) is 11.4. The van der Waals surface area contributed by atoms with Crippen molar-refractivity contribution in [2.75, 3.05) is 0 Å². The Hall–Kier alpha value is -0.860. The summed E-state index contributed by atoms with van der Waals surface area (Å²) < 4.78 is 0. The third kappa shape index (κ3) is 4.14. The predicted molar refractivity (Wildman–Crippen MR) is 74.7 cm³/mol. The SMILES string of the molecule is CCc1ccc(CC(NN)C(CC)CC)cc1. The molecule has 0 saturated heterocycles. The number of aryl methyl sites for hydroxylation is 1. The third-order valence-electron chi connectivity index (χ3n) is 3.72. The molecule has 0 spiro atoms. The van der Waals surface area contributed by atoms with Gasteiger partial charge in [0.05, 0.1) is 0 Å². The molecule has 1 rings (SSSR count). The molecule has 0 amide bonds. The molecule has 0 aliphatic carbocycles. The molecule has 1 aromatic carbocycles. The van der Waals surface area contributed by atoms with E-state index < -0.39 is 0 Å². The van der Waals surface area contributed by atoms with Crippen LogP contribution in [0.5, 0.6) is 0 Å². The summed E-state index contributed by atoms with van der Waals surface area (Å²) in [6, 6.07) is 9.28. The molecule has 0 fully saturated rings. The number of hydrogen-bond acceptors (Lipinski definition) is 2. The number of nitrogens with one attached hydrogen (secondary N) is 1. The first-order valence-electron chi connectivity index (χ1n) is 6.79. The Labute approximate surface area is 106 Å². The van der Waals surface area contributed by atoms with Gasteiger partial charge < -0.3 is 0 Å². The van der Waals surface area contributed by atoms with Gasteiger partial charge in [0.25, 0.3) is 0 Å². The summed E-state index contributed by atoms with van der Waals surface area (Å²) in [5.74, 6) is 6.34. The lowest BCUT2D eigenvalue weighted by Crippen LogP contribution is -2.42. The highest BCUT2D eigenvalue weighted by Gasteiger charge is 2.17. The second-order valence-corrected chi connectivity index (χ2v) is 4.72. The van der Waals surface area contributed by atoms with Crippen molar-refractivity contribution in [1.29, 1.82) is 0 Å². The molecule has 2 heteroatoms. The van der Waals surface area contributed by atoms with E-state index in [0.717, 1.165) is 12.8 Å². The molecule has 1 atom stereocenters. The van der Waals surface area contributed by atoms with Crippen molar-refractivity contribution >= 4 is 0 Å². The summed E-state index contributed by atoms with van der Waals surface area (Å²) in [5.41, 5.74) is 5.75. The summed E-state index contributed by atoms with van der Waals surface area (Å²) in [5, 5.41) is 0. The molecule has 17 heavy (non-hydrogen) atoms. The summed E-state index contributed by atoms with van der Waals surface area (Å²) in [4.78, 5) is 0. The van der Waals surface area contributed by atoms with Gasteiger partial charge in [-0.15, -0.1) is 0 Å². The van der Waals surface area contributed by atoms with Crippen molar-refractivity contribution in [1.82, 2.24) is 5.43 Å². The minimum Gasteiger partial charge on any atom is -0.271 e. The Bertz CT molecular complexity index is 301. The van der Waals surface area contributed by atoms with Crippen LogP contribution in [-0.2, 0) is 12.8 Å². The van der Waals surface area contributed by atoms with Gasteiger partial charge in [-0.25, -0.2) is 0 Å². The van der Waals surface area contributed by atoms with E-state index in [1.165, 1.54) is 24.0 Å². The Morgan fingerprint density at radius 3 is 1.94 bits per heavy atom. The lowest BCUT2D eigenvalue weighted by Gasteiger charge is -2.24. The lowest BCUT2D eigenvalue weighted by molar-refractivity contribution is 0.335. The molecule has 0 bridgehead atoms. The van der Waals surface area contributed by atoms with E-state index in [9.17, 15) is 0 Å². The molecule has 0 aromatic heterocycles. The predicted octanol–water partition coefficient (Wildman–Crippen LogP) is 3.06. The number of benzene rings is 1. The molecular formula is C15H26N2. The maximum atomic E-state index is 5.68. The first kappa shape index (κ1) is 14.2. The van der Waals surface area contributed by atoms with Crippen molar-refractivity contribution in [2.45, 2.75) is 52.5 Å². The Morgan fingerprint density at radius 1 is 1.00 bits per heavy atom. The van der Waals surface area contributed by atoms with Gasteiger partial charge in [-0.3, -0.25) is 11.3 Å². The van der Waals surface area contributed by atoms with Crippen LogP contribution < -0.4 is 11.3 Å². The van der Waals surface area contributed by atoms with Crippen LogP contribution in [0.4, 0.5) is 0 Å². The first-order valence-corrected chi connectivity index (χ1v) is 6.79. The fourth-order valence-electron chi connectivity index (χ4n) is 2.38. The molecule has 1 unspecified atom stereocenters. The van der Waals surface area contributed by atoms with Crippen LogP contribution in [0.3, 0.4) is 0 Å². The fourth-order valence-corrected chi connectivity index (χ4v) is 2.38. The first-order chi connectivity index (χ1) is 8.24. The fraction of sp³-hybridized carbons (Fsp3) is 0.600. The molecule has 96 valence electrons. The minimum absolute atomic E-state index is 0.387. The van der Waals surface area contributed by atoms with Gasteiger partial charge in [-0.1, -0.05) is 57.9 Å². The quantitative estimate of drug-likeness (QED) is 0.562. The highest BCUT2D eigenvalue weighted by atomic mass is 15.2. The van der Waals surface area contributed by atoms with Crippen LogP contribution in [0.15, 0.2) is 24.3 Å². The molecule has 3 N–H and O–H groups in total. The van der Waals surface area contributed by atoms with Crippen LogP contribution in [0.25, 0.3) is 0 Å². The van der Waals surface area contributed by atoms with E-state index >= 15 is 0 Å². The van der Waals surface area contributed by atoms with E-state index in [2.05, 4.69) is 50.5 Å². The zero-order chi connectivity index (χ0) is 12.7. The molecule has 0 saturated carbocycles. The Balaban J connectivity index is 2.66. The number of rotatable bonds is 7. The van der Waals surface area contributed by atoms with Crippen LogP contribution in [0, 0.1) is 5.92 Å². The van der Waals surface area contributed by atoms with Gasteiger partial charge in [0, 0.05) is 6.04 Å². The molecule has 0 heterocycles. The number of hydrogen-bond donors (Lipinski definition) is 2. The lowest BCUT2D eigenvalue weighted by atomic mass is 9.89. The van der Waals surface area contributed by atoms with Gasteiger partial charge in [-0.05, 0) is 29.9 Å². The average Bonchev–Trinajstić information content (AvgIpc) is 2.39. The maximum absolute atomic E-state index is 5.68. The van der Waals surface area contributed by atoms with E-state index in [1.54, 1.807) is 0 Å². The zero-order valence-electron chi connectivity index (χ0n) is 11.4. The highest BCUT2D eigenvalue weighted by Crippen LogP contribution is 2.17. The van der Waals surface area contributed by atoms with E-state index in [0.29, 0.717) is 12.0 Å². The molecule has 0 radical (unpaired) electrons. The van der Waals surface area contributed by atoms with Crippen molar-refractivity contribution < 1.29 is 0 Å². The molecule has 1 aromatic rings. The topological polar surface area (TPSA) is 38.0 Å². The van der Waals surface area contributed by atoms with Gasteiger partial charge >= 0.3 is 0 Å². The standard InChI is InChI=1S/C15H26N2/c1-4-12-7-9-13(10-8-12)11-15(17-16)14(5-2)6-3/h7-10,14-15,17H,4-6,11,16H2,1-3H3. The van der Waals surface area contributed by atoms with Gasteiger partial charge in [-0.2, -0.15) is 0 Å². The second kappa shape index (κ2) is 7.46. The molecule has 2 nitrogen and oxygen atoms in total. The molecular weight excluding hydrogens is 208 g/mol.